The van der Waals surface area contributed by atoms with E-state index in [0.717, 1.165) is 42.0 Å². The number of halogens is 1. The largest absolute Gasteiger partial charge is 0.357 e. The lowest BCUT2D eigenvalue weighted by Gasteiger charge is -2.37. The van der Waals surface area contributed by atoms with Gasteiger partial charge in [-0.15, -0.1) is 0 Å². The third-order valence-electron chi connectivity index (χ3n) is 4.21. The van der Waals surface area contributed by atoms with Crippen LogP contribution in [0.15, 0.2) is 35.3 Å². The van der Waals surface area contributed by atoms with Gasteiger partial charge in [0.25, 0.3) is 0 Å². The van der Waals surface area contributed by atoms with Crippen LogP contribution < -0.4 is 9.80 Å². The number of nitrogens with zero attached hydrogens (tertiary/aromatic N) is 6. The molecule has 0 amide bonds. The highest BCUT2D eigenvalue weighted by Crippen LogP contribution is 2.25. The minimum Gasteiger partial charge on any atom is -0.357 e. The number of hydrogen-bond acceptors (Lipinski definition) is 6. The van der Waals surface area contributed by atoms with Gasteiger partial charge in [0.1, 0.15) is 17.7 Å². The van der Waals surface area contributed by atoms with E-state index in [0.29, 0.717) is 11.6 Å². The molecule has 0 N–H and O–H groups in total. The maximum absolute atomic E-state index is 9.15. The summed E-state index contributed by atoms with van der Waals surface area (Å²) in [5, 5.41) is 9.15. The summed E-state index contributed by atoms with van der Waals surface area (Å²) in [6, 6.07) is 4.42. The van der Waals surface area contributed by atoms with Gasteiger partial charge in [0.15, 0.2) is 0 Å². The number of hydrogen-bond donors (Lipinski definition) is 0. The van der Waals surface area contributed by atoms with Gasteiger partial charge in [-0.3, -0.25) is 4.98 Å². The minimum atomic E-state index is 0.406. The molecule has 2 aromatic heterocycles. The molecule has 6 nitrogen and oxygen atoms in total. The molecule has 7 heteroatoms. The fourth-order valence-corrected chi connectivity index (χ4v) is 3.14. The summed E-state index contributed by atoms with van der Waals surface area (Å²) in [5.41, 5.74) is 0.610. The quantitative estimate of drug-likeness (QED) is 0.824. The van der Waals surface area contributed by atoms with Gasteiger partial charge in [-0.25, -0.2) is 9.97 Å². The Labute approximate surface area is 143 Å². The van der Waals surface area contributed by atoms with Crippen molar-refractivity contribution in [2.24, 2.45) is 0 Å². The Morgan fingerprint density at radius 1 is 1.26 bits per heavy atom. The monoisotopic (exact) mass is 372 g/mol. The number of pyridine rings is 1. The molecule has 3 heterocycles. The van der Waals surface area contributed by atoms with Crippen LogP contribution in [0, 0.1) is 11.3 Å². The lowest BCUT2D eigenvalue weighted by molar-refractivity contribution is 0.477. The fraction of sp³-hybridized carbons (Fsp3) is 0.375. The SMILES string of the molecule is CN(c1cc(C#N)c(Br)cn1)C1CCN(c2cnccn2)CC1. The summed E-state index contributed by atoms with van der Waals surface area (Å²) in [7, 11) is 2.04. The van der Waals surface area contributed by atoms with Gasteiger partial charge < -0.3 is 9.80 Å². The maximum Gasteiger partial charge on any atom is 0.147 e. The van der Waals surface area contributed by atoms with Crippen molar-refractivity contribution in [3.8, 4) is 6.07 Å². The molecule has 1 aliphatic heterocycles. The van der Waals surface area contributed by atoms with Gasteiger partial charge in [0, 0.05) is 44.8 Å². The zero-order valence-corrected chi connectivity index (χ0v) is 14.4. The lowest BCUT2D eigenvalue weighted by atomic mass is 10.0. The topological polar surface area (TPSA) is 68.9 Å². The molecular formula is C16H17BrN6. The summed E-state index contributed by atoms with van der Waals surface area (Å²) >= 11 is 3.35. The first-order chi connectivity index (χ1) is 11.2. The number of nitriles is 1. The van der Waals surface area contributed by atoms with E-state index in [4.69, 9.17) is 5.26 Å². The summed E-state index contributed by atoms with van der Waals surface area (Å²) in [5.74, 6) is 1.77. The van der Waals surface area contributed by atoms with Gasteiger partial charge in [0.2, 0.25) is 0 Å². The molecule has 0 saturated carbocycles. The first-order valence-electron chi connectivity index (χ1n) is 7.48. The Morgan fingerprint density at radius 3 is 2.70 bits per heavy atom. The van der Waals surface area contributed by atoms with Crippen molar-refractivity contribution < 1.29 is 0 Å². The van der Waals surface area contributed by atoms with E-state index >= 15 is 0 Å². The first-order valence-corrected chi connectivity index (χ1v) is 8.28. The first kappa shape index (κ1) is 15.7. The van der Waals surface area contributed by atoms with E-state index in [-0.39, 0.29) is 0 Å². The molecular weight excluding hydrogens is 356 g/mol. The second kappa shape index (κ2) is 6.92. The number of rotatable bonds is 3. The summed E-state index contributed by atoms with van der Waals surface area (Å²) in [6.07, 6.45) is 8.96. The lowest BCUT2D eigenvalue weighted by Crippen LogP contribution is -2.44. The molecule has 0 aromatic carbocycles. The Morgan fingerprint density at radius 2 is 2.04 bits per heavy atom. The van der Waals surface area contributed by atoms with Crippen molar-refractivity contribution in [2.45, 2.75) is 18.9 Å². The Balaban J connectivity index is 1.67. The molecule has 0 unspecified atom stereocenters. The molecule has 0 aliphatic carbocycles. The van der Waals surface area contributed by atoms with Crippen molar-refractivity contribution in [3.63, 3.8) is 0 Å². The molecule has 118 valence electrons. The van der Waals surface area contributed by atoms with Gasteiger partial charge >= 0.3 is 0 Å². The normalized spacial score (nSPS) is 15.3. The Kier molecular flexibility index (Phi) is 4.72. The molecule has 1 saturated heterocycles. The summed E-state index contributed by atoms with van der Waals surface area (Å²) in [6.45, 7) is 1.88. The standard InChI is InChI=1S/C16H17BrN6/c1-22(15-8-12(9-18)14(17)10-21-15)13-2-6-23(7-3-13)16-11-19-4-5-20-16/h4-5,8,10-11,13H,2-3,6-7H2,1H3. The van der Waals surface area contributed by atoms with Crippen LogP contribution in [0.1, 0.15) is 18.4 Å². The van der Waals surface area contributed by atoms with Crippen LogP contribution in [-0.2, 0) is 0 Å². The van der Waals surface area contributed by atoms with Crippen molar-refractivity contribution in [1.29, 1.82) is 5.26 Å². The zero-order chi connectivity index (χ0) is 16.2. The van der Waals surface area contributed by atoms with Crippen LogP contribution in [0.5, 0.6) is 0 Å². The smallest absolute Gasteiger partial charge is 0.147 e. The number of anilines is 2. The number of piperidine rings is 1. The third-order valence-corrected chi connectivity index (χ3v) is 4.84. The minimum absolute atomic E-state index is 0.406. The van der Waals surface area contributed by atoms with Crippen LogP contribution in [0.2, 0.25) is 0 Å². The molecule has 0 atom stereocenters. The van der Waals surface area contributed by atoms with E-state index in [1.54, 1.807) is 24.8 Å². The van der Waals surface area contributed by atoms with Crippen LogP contribution in [0.3, 0.4) is 0 Å². The molecule has 1 aliphatic rings. The van der Waals surface area contributed by atoms with Crippen LogP contribution in [0.4, 0.5) is 11.6 Å². The van der Waals surface area contributed by atoms with Gasteiger partial charge in [-0.05, 0) is 34.8 Å². The van der Waals surface area contributed by atoms with Gasteiger partial charge in [-0.1, -0.05) is 0 Å². The van der Waals surface area contributed by atoms with Crippen molar-refractivity contribution in [2.75, 3.05) is 29.9 Å². The molecule has 0 bridgehead atoms. The molecule has 3 rings (SSSR count). The van der Waals surface area contributed by atoms with Crippen LogP contribution >= 0.6 is 15.9 Å². The van der Waals surface area contributed by atoms with Crippen LogP contribution in [0.25, 0.3) is 0 Å². The third kappa shape index (κ3) is 3.42. The zero-order valence-electron chi connectivity index (χ0n) is 12.9. The van der Waals surface area contributed by atoms with Crippen molar-refractivity contribution in [3.05, 3.63) is 40.9 Å². The molecule has 2 aromatic rings. The predicted octanol–water partition coefficient (Wildman–Crippen LogP) is 2.61. The molecule has 1 fully saturated rings. The Hall–Kier alpha value is -2.20. The number of aromatic nitrogens is 3. The molecule has 0 radical (unpaired) electrons. The predicted molar refractivity (Wildman–Crippen MR) is 92.3 cm³/mol. The van der Waals surface area contributed by atoms with E-state index in [2.05, 4.69) is 46.8 Å². The second-order valence-corrected chi connectivity index (χ2v) is 6.38. The molecule has 0 spiro atoms. The van der Waals surface area contributed by atoms with E-state index in [9.17, 15) is 0 Å². The van der Waals surface area contributed by atoms with Gasteiger partial charge in [0.05, 0.1) is 16.2 Å². The van der Waals surface area contributed by atoms with Crippen molar-refractivity contribution >= 4 is 27.6 Å². The van der Waals surface area contributed by atoms with E-state index in [1.807, 2.05) is 13.1 Å². The second-order valence-electron chi connectivity index (χ2n) is 5.53. The maximum atomic E-state index is 9.15. The van der Waals surface area contributed by atoms with E-state index < -0.39 is 0 Å². The molecule has 23 heavy (non-hydrogen) atoms. The average molecular weight is 373 g/mol. The summed E-state index contributed by atoms with van der Waals surface area (Å²) in [4.78, 5) is 17.3. The average Bonchev–Trinajstić information content (AvgIpc) is 2.62. The van der Waals surface area contributed by atoms with E-state index in [1.165, 1.54) is 0 Å². The Bertz CT molecular complexity index is 706. The highest BCUT2D eigenvalue weighted by Gasteiger charge is 2.24. The van der Waals surface area contributed by atoms with Gasteiger partial charge in [-0.2, -0.15) is 5.26 Å². The summed E-state index contributed by atoms with van der Waals surface area (Å²) < 4.78 is 0.731. The highest BCUT2D eigenvalue weighted by atomic mass is 79.9. The van der Waals surface area contributed by atoms with Crippen molar-refractivity contribution in [1.82, 2.24) is 15.0 Å². The fourth-order valence-electron chi connectivity index (χ4n) is 2.83. The highest BCUT2D eigenvalue weighted by molar-refractivity contribution is 9.10. The van der Waals surface area contributed by atoms with Crippen LogP contribution in [-0.4, -0.2) is 41.1 Å².